The molecule has 1 aromatic rings. The van der Waals surface area contributed by atoms with E-state index in [1.807, 2.05) is 4.90 Å². The summed E-state index contributed by atoms with van der Waals surface area (Å²) in [6.45, 7) is 1.46. The van der Waals surface area contributed by atoms with Crippen molar-refractivity contribution in [3.05, 3.63) is 29.6 Å². The highest BCUT2D eigenvalue weighted by atomic mass is 19.1. The van der Waals surface area contributed by atoms with Gasteiger partial charge in [0, 0.05) is 25.3 Å². The number of halogens is 1. The highest BCUT2D eigenvalue weighted by Gasteiger charge is 2.23. The SMILES string of the molecule is O=Cc1cccc(F)c1N1CCCC(CO)C1. The molecule has 1 heterocycles. The van der Waals surface area contributed by atoms with Crippen LogP contribution < -0.4 is 4.90 Å². The molecule has 0 amide bonds. The Hall–Kier alpha value is -1.42. The van der Waals surface area contributed by atoms with Crippen LogP contribution in [0, 0.1) is 11.7 Å². The first-order chi connectivity index (χ1) is 8.26. The average Bonchev–Trinajstić information content (AvgIpc) is 2.38. The third kappa shape index (κ3) is 2.47. The third-order valence-electron chi connectivity index (χ3n) is 3.24. The van der Waals surface area contributed by atoms with Crippen molar-refractivity contribution in [2.75, 3.05) is 24.6 Å². The number of benzene rings is 1. The van der Waals surface area contributed by atoms with Gasteiger partial charge in [0.2, 0.25) is 0 Å². The quantitative estimate of drug-likeness (QED) is 0.816. The van der Waals surface area contributed by atoms with Gasteiger partial charge in [-0.1, -0.05) is 6.07 Å². The van der Waals surface area contributed by atoms with Crippen LogP contribution in [0.2, 0.25) is 0 Å². The summed E-state index contributed by atoms with van der Waals surface area (Å²) in [4.78, 5) is 12.8. The van der Waals surface area contributed by atoms with Crippen molar-refractivity contribution < 1.29 is 14.3 Å². The number of carbonyl (C=O) groups is 1. The smallest absolute Gasteiger partial charge is 0.152 e. The molecule has 1 fully saturated rings. The minimum absolute atomic E-state index is 0.112. The summed E-state index contributed by atoms with van der Waals surface area (Å²) < 4.78 is 13.8. The molecule has 1 atom stereocenters. The van der Waals surface area contributed by atoms with Crippen LogP contribution in [-0.2, 0) is 0 Å². The first kappa shape index (κ1) is 12.0. The van der Waals surface area contributed by atoms with E-state index in [9.17, 15) is 9.18 Å². The van der Waals surface area contributed by atoms with Gasteiger partial charge in [-0.2, -0.15) is 0 Å². The van der Waals surface area contributed by atoms with Gasteiger partial charge < -0.3 is 10.0 Å². The molecule has 4 heteroatoms. The zero-order valence-corrected chi connectivity index (χ0v) is 9.60. The summed E-state index contributed by atoms with van der Waals surface area (Å²) >= 11 is 0. The Bertz CT molecular complexity index is 408. The summed E-state index contributed by atoms with van der Waals surface area (Å²) in [6, 6.07) is 4.52. The monoisotopic (exact) mass is 237 g/mol. The van der Waals surface area contributed by atoms with E-state index >= 15 is 0 Å². The lowest BCUT2D eigenvalue weighted by Gasteiger charge is -2.34. The van der Waals surface area contributed by atoms with E-state index in [0.29, 0.717) is 24.1 Å². The van der Waals surface area contributed by atoms with Crippen molar-refractivity contribution in [2.24, 2.45) is 5.92 Å². The Labute approximate surface area is 99.9 Å². The summed E-state index contributed by atoms with van der Waals surface area (Å²) in [6.07, 6.45) is 2.55. The van der Waals surface area contributed by atoms with E-state index in [0.717, 1.165) is 19.4 Å². The molecule has 92 valence electrons. The van der Waals surface area contributed by atoms with E-state index in [2.05, 4.69) is 0 Å². The Morgan fingerprint density at radius 2 is 2.35 bits per heavy atom. The minimum Gasteiger partial charge on any atom is -0.396 e. The second kappa shape index (κ2) is 5.27. The number of carbonyl (C=O) groups excluding carboxylic acids is 1. The van der Waals surface area contributed by atoms with Crippen LogP contribution in [-0.4, -0.2) is 31.1 Å². The standard InChI is InChI=1S/C13H16FNO2/c14-12-5-1-4-11(9-17)13(12)15-6-2-3-10(7-15)8-16/h1,4-5,9-10,16H,2-3,6-8H2. The van der Waals surface area contributed by atoms with Crippen molar-refractivity contribution >= 4 is 12.0 Å². The maximum absolute atomic E-state index is 13.8. The molecule has 3 nitrogen and oxygen atoms in total. The molecular weight excluding hydrogens is 221 g/mol. The van der Waals surface area contributed by atoms with Gasteiger partial charge in [-0.05, 0) is 30.9 Å². The fourth-order valence-corrected chi connectivity index (χ4v) is 2.38. The first-order valence-corrected chi connectivity index (χ1v) is 5.85. The van der Waals surface area contributed by atoms with E-state index < -0.39 is 0 Å². The van der Waals surface area contributed by atoms with E-state index in [1.165, 1.54) is 12.1 Å². The summed E-state index contributed by atoms with van der Waals surface area (Å²) in [5, 5.41) is 9.16. The van der Waals surface area contributed by atoms with Crippen LogP contribution in [0.25, 0.3) is 0 Å². The third-order valence-corrected chi connectivity index (χ3v) is 3.24. The van der Waals surface area contributed by atoms with Gasteiger partial charge >= 0.3 is 0 Å². The number of aliphatic hydroxyl groups excluding tert-OH is 1. The van der Waals surface area contributed by atoms with Crippen LogP contribution in [0.3, 0.4) is 0 Å². The number of hydrogen-bond acceptors (Lipinski definition) is 3. The number of hydrogen-bond donors (Lipinski definition) is 1. The summed E-state index contributed by atoms with van der Waals surface area (Å²) in [5.74, 6) is -0.198. The molecule has 1 aliphatic heterocycles. The molecule has 17 heavy (non-hydrogen) atoms. The lowest BCUT2D eigenvalue weighted by atomic mass is 9.97. The van der Waals surface area contributed by atoms with Gasteiger partial charge in [0.25, 0.3) is 0 Å². The fraction of sp³-hybridized carbons (Fsp3) is 0.462. The topological polar surface area (TPSA) is 40.5 Å². The number of nitrogens with zero attached hydrogens (tertiary/aromatic N) is 1. The van der Waals surface area contributed by atoms with Crippen molar-refractivity contribution in [1.82, 2.24) is 0 Å². The molecule has 1 N–H and O–H groups in total. The highest BCUT2D eigenvalue weighted by molar-refractivity contribution is 5.84. The zero-order valence-electron chi connectivity index (χ0n) is 9.60. The molecule has 1 saturated heterocycles. The molecule has 0 radical (unpaired) electrons. The highest BCUT2D eigenvalue weighted by Crippen LogP contribution is 2.28. The van der Waals surface area contributed by atoms with Gasteiger partial charge in [0.05, 0.1) is 5.69 Å². The predicted octanol–water partition coefficient (Wildman–Crippen LogP) is 1.85. The lowest BCUT2D eigenvalue weighted by molar-refractivity contribution is 0.112. The van der Waals surface area contributed by atoms with Gasteiger partial charge in [0.15, 0.2) is 6.29 Å². The molecule has 1 aliphatic rings. The number of piperidine rings is 1. The van der Waals surface area contributed by atoms with Crippen LogP contribution in [0.4, 0.5) is 10.1 Å². The summed E-state index contributed by atoms with van der Waals surface area (Å²) in [5.41, 5.74) is 0.754. The summed E-state index contributed by atoms with van der Waals surface area (Å²) in [7, 11) is 0. The van der Waals surface area contributed by atoms with Gasteiger partial charge in [0.1, 0.15) is 5.82 Å². The molecule has 1 unspecified atom stereocenters. The molecule has 0 spiro atoms. The Morgan fingerprint density at radius 1 is 1.53 bits per heavy atom. The predicted molar refractivity (Wildman–Crippen MR) is 63.8 cm³/mol. The molecular formula is C13H16FNO2. The van der Waals surface area contributed by atoms with Crippen molar-refractivity contribution in [3.8, 4) is 0 Å². The molecule has 0 aliphatic carbocycles. The minimum atomic E-state index is -0.367. The lowest BCUT2D eigenvalue weighted by Crippen LogP contribution is -2.37. The van der Waals surface area contributed by atoms with Crippen molar-refractivity contribution in [3.63, 3.8) is 0 Å². The Kier molecular flexibility index (Phi) is 3.74. The van der Waals surface area contributed by atoms with Gasteiger partial charge in [-0.25, -0.2) is 4.39 Å². The van der Waals surface area contributed by atoms with Gasteiger partial charge in [-0.15, -0.1) is 0 Å². The average molecular weight is 237 g/mol. The molecule has 1 aromatic carbocycles. The number of rotatable bonds is 3. The fourth-order valence-electron chi connectivity index (χ4n) is 2.38. The van der Waals surface area contributed by atoms with Crippen LogP contribution in [0.1, 0.15) is 23.2 Å². The van der Waals surface area contributed by atoms with E-state index in [4.69, 9.17) is 5.11 Å². The van der Waals surface area contributed by atoms with Crippen LogP contribution in [0.15, 0.2) is 18.2 Å². The maximum Gasteiger partial charge on any atom is 0.152 e. The van der Waals surface area contributed by atoms with E-state index in [-0.39, 0.29) is 18.3 Å². The van der Waals surface area contributed by atoms with Crippen LogP contribution in [0.5, 0.6) is 0 Å². The second-order valence-corrected chi connectivity index (χ2v) is 4.43. The number of aldehydes is 1. The maximum atomic E-state index is 13.8. The second-order valence-electron chi connectivity index (χ2n) is 4.43. The van der Waals surface area contributed by atoms with Crippen LogP contribution >= 0.6 is 0 Å². The Balaban J connectivity index is 2.29. The first-order valence-electron chi connectivity index (χ1n) is 5.85. The largest absolute Gasteiger partial charge is 0.396 e. The van der Waals surface area contributed by atoms with Crippen molar-refractivity contribution in [2.45, 2.75) is 12.8 Å². The van der Waals surface area contributed by atoms with E-state index in [1.54, 1.807) is 6.07 Å². The molecule has 0 bridgehead atoms. The zero-order chi connectivity index (χ0) is 12.3. The number of aliphatic hydroxyl groups is 1. The Morgan fingerprint density at radius 3 is 3.06 bits per heavy atom. The van der Waals surface area contributed by atoms with Gasteiger partial charge in [-0.3, -0.25) is 4.79 Å². The van der Waals surface area contributed by atoms with Crippen molar-refractivity contribution in [1.29, 1.82) is 0 Å². The number of para-hydroxylation sites is 1. The molecule has 0 saturated carbocycles. The normalized spacial score (nSPS) is 20.4. The molecule has 2 rings (SSSR count). The number of anilines is 1. The molecule has 0 aromatic heterocycles.